The lowest BCUT2D eigenvalue weighted by molar-refractivity contribution is 0.0890. The van der Waals surface area contributed by atoms with Crippen LogP contribution in [0.2, 0.25) is 18.1 Å². The quantitative estimate of drug-likeness (QED) is 0.581. The van der Waals surface area contributed by atoms with E-state index in [0.29, 0.717) is 6.42 Å². The monoisotopic (exact) mass is 344 g/mol. The molecule has 0 aromatic carbocycles. The zero-order valence-electron chi connectivity index (χ0n) is 16.0. The van der Waals surface area contributed by atoms with Crippen LogP contribution in [0.5, 0.6) is 0 Å². The molecule has 24 heavy (non-hydrogen) atoms. The van der Waals surface area contributed by atoms with Crippen molar-refractivity contribution in [3.05, 3.63) is 11.6 Å². The molecule has 0 aliphatic heterocycles. The number of hydrogen-bond donors (Lipinski definition) is 1. The van der Waals surface area contributed by atoms with Gasteiger partial charge in [0.1, 0.15) is 11.7 Å². The van der Waals surface area contributed by atoms with Gasteiger partial charge in [-0.1, -0.05) is 50.5 Å². The van der Waals surface area contributed by atoms with Crippen molar-refractivity contribution in [1.29, 1.82) is 0 Å². The van der Waals surface area contributed by atoms with Crippen molar-refractivity contribution in [3.63, 3.8) is 0 Å². The van der Waals surface area contributed by atoms with Crippen molar-refractivity contribution in [1.82, 2.24) is 0 Å². The fraction of sp³-hybridized carbons (Fsp3) is 0.714. The second kappa shape index (κ2) is 7.48. The minimum atomic E-state index is -1.70. The molecule has 2 rings (SSSR count). The van der Waals surface area contributed by atoms with Gasteiger partial charge in [0, 0.05) is 17.4 Å². The number of aliphatic hydroxyl groups is 1. The summed E-state index contributed by atoms with van der Waals surface area (Å²) < 4.78 is 6.64. The Kier molecular flexibility index (Phi) is 6.03. The molecule has 1 N–H and O–H groups in total. The van der Waals surface area contributed by atoms with Gasteiger partial charge >= 0.3 is 0 Å². The fourth-order valence-electron chi connectivity index (χ4n) is 3.62. The van der Waals surface area contributed by atoms with Crippen molar-refractivity contribution in [2.45, 2.75) is 90.1 Å². The lowest BCUT2D eigenvalue weighted by Crippen LogP contribution is -2.41. The Hall–Kier alpha value is -1.00. The number of hydrogen-bond acceptors (Lipinski definition) is 2. The van der Waals surface area contributed by atoms with Crippen LogP contribution in [0, 0.1) is 29.1 Å². The molecule has 2 aliphatic rings. The van der Waals surface area contributed by atoms with E-state index in [0.717, 1.165) is 43.0 Å². The van der Waals surface area contributed by atoms with Gasteiger partial charge in [-0.25, -0.2) is 0 Å². The maximum absolute atomic E-state index is 10.9. The first-order valence-electron chi connectivity index (χ1n) is 9.40. The molecular formula is C21H32O2Si. The Balaban J connectivity index is 2.30. The van der Waals surface area contributed by atoms with E-state index in [1.807, 2.05) is 0 Å². The van der Waals surface area contributed by atoms with Crippen molar-refractivity contribution in [2.24, 2.45) is 5.41 Å². The first-order chi connectivity index (χ1) is 11.3. The molecule has 2 atom stereocenters. The summed E-state index contributed by atoms with van der Waals surface area (Å²) in [6, 6.07) is 3.38. The van der Waals surface area contributed by atoms with E-state index in [4.69, 9.17) is 4.43 Å². The van der Waals surface area contributed by atoms with Crippen LogP contribution in [-0.4, -0.2) is 25.1 Å². The number of fused-ring (bicyclic) bond motifs is 1. The van der Waals surface area contributed by atoms with E-state index in [-0.39, 0.29) is 11.5 Å². The molecule has 0 aromatic rings. The molecular weight excluding hydrogens is 312 g/mol. The summed E-state index contributed by atoms with van der Waals surface area (Å²) >= 11 is 0. The van der Waals surface area contributed by atoms with Gasteiger partial charge in [-0.2, -0.15) is 0 Å². The summed E-state index contributed by atoms with van der Waals surface area (Å²) in [7, 11) is -1.70. The molecule has 0 amide bonds. The Bertz CT molecular complexity index is 599. The molecule has 0 spiro atoms. The second-order valence-corrected chi connectivity index (χ2v) is 12.6. The van der Waals surface area contributed by atoms with Crippen molar-refractivity contribution >= 4 is 8.32 Å². The Morgan fingerprint density at radius 3 is 2.54 bits per heavy atom. The summed E-state index contributed by atoms with van der Waals surface area (Å²) in [5.74, 6) is 13.2. The average Bonchev–Trinajstić information content (AvgIpc) is 2.91. The summed E-state index contributed by atoms with van der Waals surface area (Å²) in [6.07, 6.45) is 4.91. The molecule has 3 heteroatoms. The van der Waals surface area contributed by atoms with Crippen molar-refractivity contribution in [3.8, 4) is 23.7 Å². The highest BCUT2D eigenvalue weighted by molar-refractivity contribution is 6.73. The van der Waals surface area contributed by atoms with E-state index in [9.17, 15) is 5.11 Å². The third-order valence-corrected chi connectivity index (χ3v) is 10.3. The Morgan fingerprint density at radius 1 is 1.25 bits per heavy atom. The molecule has 0 bridgehead atoms. The van der Waals surface area contributed by atoms with E-state index >= 15 is 0 Å². The first-order valence-corrected chi connectivity index (χ1v) is 11.9. The van der Waals surface area contributed by atoms with Gasteiger partial charge in [-0.15, -0.1) is 0 Å². The van der Waals surface area contributed by atoms with Crippen LogP contribution in [-0.2, 0) is 4.43 Å². The zero-order valence-corrected chi connectivity index (χ0v) is 17.0. The molecule has 0 fully saturated rings. The van der Waals surface area contributed by atoms with Gasteiger partial charge in [0.2, 0.25) is 0 Å². The molecule has 2 aliphatic carbocycles. The molecule has 0 saturated heterocycles. The summed E-state index contributed by atoms with van der Waals surface area (Å²) in [5.41, 5.74) is -0.160. The van der Waals surface area contributed by atoms with E-state index in [1.165, 1.54) is 0 Å². The fourth-order valence-corrected chi connectivity index (χ4v) is 6.36. The Labute approximate surface area is 149 Å². The third kappa shape index (κ3) is 4.34. The van der Waals surface area contributed by atoms with Gasteiger partial charge in [0.05, 0.1) is 0 Å². The highest BCUT2D eigenvalue weighted by Crippen LogP contribution is 2.35. The van der Waals surface area contributed by atoms with Gasteiger partial charge in [-0.05, 0) is 51.2 Å². The standard InChI is InChI=1S/C21H32O2Si/c1-6-24(7-2,8-3)23-19-12-10-15-21(22)14-9-11-18(21)13-16-20(4,5)17-19/h11,19,22H,6-9,14-15,17H2,1-5H3. The van der Waals surface area contributed by atoms with Crippen LogP contribution in [0.1, 0.15) is 60.3 Å². The number of rotatable bonds is 5. The molecule has 0 radical (unpaired) electrons. The van der Waals surface area contributed by atoms with Crippen molar-refractivity contribution in [2.75, 3.05) is 0 Å². The first kappa shape index (κ1) is 19.3. The smallest absolute Gasteiger partial charge is 0.193 e. The predicted octanol–water partition coefficient (Wildman–Crippen LogP) is 4.65. The van der Waals surface area contributed by atoms with Crippen LogP contribution in [0.25, 0.3) is 0 Å². The molecule has 2 unspecified atom stereocenters. The van der Waals surface area contributed by atoms with E-state index in [2.05, 4.69) is 64.4 Å². The van der Waals surface area contributed by atoms with E-state index < -0.39 is 13.9 Å². The van der Waals surface area contributed by atoms with Crippen LogP contribution >= 0.6 is 0 Å². The van der Waals surface area contributed by atoms with E-state index in [1.54, 1.807) is 0 Å². The lowest BCUT2D eigenvalue weighted by Gasteiger charge is -2.34. The van der Waals surface area contributed by atoms with Gasteiger partial charge in [-0.3, -0.25) is 0 Å². The largest absolute Gasteiger partial charge is 0.403 e. The molecule has 0 heterocycles. The maximum atomic E-state index is 10.9. The van der Waals surface area contributed by atoms with Crippen LogP contribution < -0.4 is 0 Å². The molecule has 0 saturated carbocycles. The molecule has 2 nitrogen and oxygen atoms in total. The lowest BCUT2D eigenvalue weighted by atomic mass is 9.84. The predicted molar refractivity (Wildman–Crippen MR) is 103 cm³/mol. The molecule has 0 aromatic heterocycles. The highest BCUT2D eigenvalue weighted by Gasteiger charge is 2.36. The maximum Gasteiger partial charge on any atom is 0.193 e. The van der Waals surface area contributed by atoms with Gasteiger partial charge in [0.25, 0.3) is 0 Å². The minimum Gasteiger partial charge on any atom is -0.403 e. The zero-order chi connectivity index (χ0) is 17.8. The van der Waals surface area contributed by atoms with Crippen LogP contribution in [0.3, 0.4) is 0 Å². The third-order valence-electron chi connectivity index (χ3n) is 5.61. The SMILES string of the molecule is CC[Si](CC)(CC)OC1C#CCC2(O)CCC=C2C#CC(C)(C)C1. The minimum absolute atomic E-state index is 0.0728. The van der Waals surface area contributed by atoms with Gasteiger partial charge in [0.15, 0.2) is 8.32 Å². The average molecular weight is 345 g/mol. The second-order valence-electron chi connectivity index (χ2n) is 7.87. The normalized spacial score (nSPS) is 28.8. The number of allylic oxidation sites excluding steroid dienone is 1. The van der Waals surface area contributed by atoms with Gasteiger partial charge < -0.3 is 9.53 Å². The summed E-state index contributed by atoms with van der Waals surface area (Å²) in [4.78, 5) is 0. The highest BCUT2D eigenvalue weighted by atomic mass is 28.4. The summed E-state index contributed by atoms with van der Waals surface area (Å²) in [6.45, 7) is 11.0. The molecule has 132 valence electrons. The van der Waals surface area contributed by atoms with Crippen molar-refractivity contribution < 1.29 is 9.53 Å². The topological polar surface area (TPSA) is 29.5 Å². The summed E-state index contributed by atoms with van der Waals surface area (Å²) in [5, 5.41) is 10.9. The van der Waals surface area contributed by atoms with Crippen LogP contribution in [0.15, 0.2) is 11.6 Å². The Morgan fingerprint density at radius 2 is 1.92 bits per heavy atom. The van der Waals surface area contributed by atoms with Crippen LogP contribution in [0.4, 0.5) is 0 Å².